The van der Waals surface area contributed by atoms with E-state index in [4.69, 9.17) is 5.11 Å². The molecule has 1 saturated heterocycles. The Bertz CT molecular complexity index is 533. The van der Waals surface area contributed by atoms with Crippen LogP contribution in [-0.2, 0) is 0 Å². The lowest BCUT2D eigenvalue weighted by Gasteiger charge is -2.19. The van der Waals surface area contributed by atoms with Crippen molar-refractivity contribution in [3.8, 4) is 11.8 Å². The van der Waals surface area contributed by atoms with Crippen molar-refractivity contribution in [2.45, 2.75) is 18.9 Å². The number of pyridine rings is 1. The average Bonchev–Trinajstić information content (AvgIpc) is 2.88. The van der Waals surface area contributed by atoms with Crippen LogP contribution in [0.15, 0.2) is 18.5 Å². The number of aliphatic hydroxyl groups is 1. The minimum Gasteiger partial charge on any atom is -0.384 e. The molecular weight excluding hydrogens is 254 g/mol. The number of likely N-dealkylation sites (N-methyl/N-ethyl adjacent to an activating group) is 1. The molecule has 0 spiro atoms. The molecule has 0 aromatic carbocycles. The number of nitrogens with zero attached hydrogens (tertiary/aromatic N) is 2. The quantitative estimate of drug-likeness (QED) is 0.775. The van der Waals surface area contributed by atoms with E-state index in [2.05, 4.69) is 34.1 Å². The van der Waals surface area contributed by atoms with Gasteiger partial charge in [-0.05, 0) is 32.5 Å². The highest BCUT2D eigenvalue weighted by Crippen LogP contribution is 2.14. The van der Waals surface area contributed by atoms with Gasteiger partial charge in [-0.2, -0.15) is 0 Å². The molecule has 2 heterocycles. The van der Waals surface area contributed by atoms with Crippen molar-refractivity contribution < 1.29 is 9.90 Å². The van der Waals surface area contributed by atoms with Crippen molar-refractivity contribution in [2.24, 2.45) is 0 Å². The number of likely N-dealkylation sites (tertiary alicyclic amines) is 1. The SMILES string of the molecule is CN1CCCC1CNC(=O)c1ccncc1C#CCO. The van der Waals surface area contributed by atoms with Crippen molar-refractivity contribution in [2.75, 3.05) is 26.7 Å². The molecule has 1 fully saturated rings. The van der Waals surface area contributed by atoms with E-state index in [0.717, 1.165) is 13.0 Å². The third-order valence-corrected chi connectivity index (χ3v) is 3.54. The van der Waals surface area contributed by atoms with E-state index >= 15 is 0 Å². The Hall–Kier alpha value is -1.90. The summed E-state index contributed by atoms with van der Waals surface area (Å²) in [7, 11) is 2.08. The Balaban J connectivity index is 2.02. The Kier molecular flexibility index (Phi) is 5.10. The summed E-state index contributed by atoms with van der Waals surface area (Å²) < 4.78 is 0. The van der Waals surface area contributed by atoms with Gasteiger partial charge in [0.25, 0.3) is 5.91 Å². The normalized spacial score (nSPS) is 18.4. The zero-order valence-corrected chi connectivity index (χ0v) is 11.6. The van der Waals surface area contributed by atoms with Gasteiger partial charge >= 0.3 is 0 Å². The summed E-state index contributed by atoms with van der Waals surface area (Å²) in [6, 6.07) is 2.06. The number of amides is 1. The van der Waals surface area contributed by atoms with Gasteiger partial charge in [0.1, 0.15) is 6.61 Å². The third-order valence-electron chi connectivity index (χ3n) is 3.54. The molecule has 5 nitrogen and oxygen atoms in total. The number of rotatable bonds is 3. The lowest BCUT2D eigenvalue weighted by molar-refractivity contribution is 0.0943. The maximum atomic E-state index is 12.2. The Morgan fingerprint density at radius 3 is 3.20 bits per heavy atom. The largest absolute Gasteiger partial charge is 0.384 e. The van der Waals surface area contributed by atoms with Gasteiger partial charge in [0.05, 0.1) is 11.1 Å². The van der Waals surface area contributed by atoms with E-state index in [1.54, 1.807) is 18.5 Å². The van der Waals surface area contributed by atoms with Crippen LogP contribution in [0.4, 0.5) is 0 Å². The molecule has 1 aromatic heterocycles. The summed E-state index contributed by atoms with van der Waals surface area (Å²) in [6.45, 7) is 1.50. The lowest BCUT2D eigenvalue weighted by Crippen LogP contribution is -2.38. The Labute approximate surface area is 119 Å². The summed E-state index contributed by atoms with van der Waals surface area (Å²) in [5, 5.41) is 11.7. The molecule has 0 aliphatic carbocycles. The van der Waals surface area contributed by atoms with Crippen LogP contribution in [0.3, 0.4) is 0 Å². The van der Waals surface area contributed by atoms with Gasteiger partial charge < -0.3 is 15.3 Å². The fourth-order valence-corrected chi connectivity index (χ4v) is 2.37. The number of aliphatic hydroxyl groups excluding tert-OH is 1. The lowest BCUT2D eigenvalue weighted by atomic mass is 10.1. The predicted octanol–water partition coefficient (Wildman–Crippen LogP) is 0.249. The highest BCUT2D eigenvalue weighted by Gasteiger charge is 2.21. The summed E-state index contributed by atoms with van der Waals surface area (Å²) in [5.41, 5.74) is 1.04. The first-order valence-corrected chi connectivity index (χ1v) is 6.74. The molecule has 1 atom stereocenters. The first-order valence-electron chi connectivity index (χ1n) is 6.74. The highest BCUT2D eigenvalue weighted by molar-refractivity contribution is 5.96. The zero-order valence-electron chi connectivity index (χ0n) is 11.6. The van der Waals surface area contributed by atoms with Crippen LogP contribution >= 0.6 is 0 Å². The van der Waals surface area contributed by atoms with Gasteiger partial charge in [-0.25, -0.2) is 0 Å². The van der Waals surface area contributed by atoms with Crippen molar-refractivity contribution >= 4 is 5.91 Å². The minimum atomic E-state index is -0.233. The van der Waals surface area contributed by atoms with E-state index in [0.29, 0.717) is 23.7 Å². The summed E-state index contributed by atoms with van der Waals surface area (Å²) in [5.74, 6) is 5.14. The molecule has 2 rings (SSSR count). The van der Waals surface area contributed by atoms with Crippen LogP contribution in [0.1, 0.15) is 28.8 Å². The van der Waals surface area contributed by atoms with E-state index in [1.807, 2.05) is 0 Å². The van der Waals surface area contributed by atoms with Gasteiger partial charge in [0.15, 0.2) is 0 Å². The van der Waals surface area contributed by atoms with E-state index in [9.17, 15) is 4.79 Å². The Morgan fingerprint density at radius 1 is 1.65 bits per heavy atom. The fourth-order valence-electron chi connectivity index (χ4n) is 2.37. The molecule has 0 bridgehead atoms. The standard InChI is InChI=1S/C15H19N3O2/c1-18-8-2-5-13(18)11-17-15(20)14-6-7-16-10-12(14)4-3-9-19/h6-7,10,13,19H,2,5,8-9,11H2,1H3,(H,17,20). The maximum absolute atomic E-state index is 12.2. The maximum Gasteiger partial charge on any atom is 0.252 e. The van der Waals surface area contributed by atoms with E-state index < -0.39 is 0 Å². The summed E-state index contributed by atoms with van der Waals surface area (Å²) in [6.07, 6.45) is 5.41. The van der Waals surface area contributed by atoms with Gasteiger partial charge in [-0.1, -0.05) is 11.8 Å². The topological polar surface area (TPSA) is 65.5 Å². The Morgan fingerprint density at radius 2 is 2.50 bits per heavy atom. The molecule has 1 aliphatic rings. The molecule has 1 aliphatic heterocycles. The van der Waals surface area contributed by atoms with Crippen molar-refractivity contribution in [3.05, 3.63) is 29.6 Å². The summed E-state index contributed by atoms with van der Waals surface area (Å²) in [4.78, 5) is 18.4. The fraction of sp³-hybridized carbons (Fsp3) is 0.467. The zero-order chi connectivity index (χ0) is 14.4. The first kappa shape index (κ1) is 14.5. The van der Waals surface area contributed by atoms with Crippen molar-refractivity contribution in [3.63, 3.8) is 0 Å². The number of hydrogen-bond donors (Lipinski definition) is 2. The molecule has 5 heteroatoms. The van der Waals surface area contributed by atoms with E-state index in [-0.39, 0.29) is 12.5 Å². The molecule has 1 amide bonds. The summed E-state index contributed by atoms with van der Waals surface area (Å²) >= 11 is 0. The number of carbonyl (C=O) groups excluding carboxylic acids is 1. The number of aromatic nitrogens is 1. The van der Waals surface area contributed by atoms with Gasteiger partial charge in [-0.15, -0.1) is 0 Å². The number of hydrogen-bond acceptors (Lipinski definition) is 4. The van der Waals surface area contributed by atoms with Crippen LogP contribution in [0.5, 0.6) is 0 Å². The van der Waals surface area contributed by atoms with Crippen LogP contribution in [-0.4, -0.2) is 53.7 Å². The monoisotopic (exact) mass is 273 g/mol. The molecule has 106 valence electrons. The van der Waals surface area contributed by atoms with Gasteiger partial charge in [0.2, 0.25) is 0 Å². The van der Waals surface area contributed by atoms with Crippen LogP contribution in [0.2, 0.25) is 0 Å². The molecule has 2 N–H and O–H groups in total. The highest BCUT2D eigenvalue weighted by atomic mass is 16.2. The molecule has 20 heavy (non-hydrogen) atoms. The third kappa shape index (κ3) is 3.56. The van der Waals surface area contributed by atoms with Gasteiger partial charge in [-0.3, -0.25) is 9.78 Å². The van der Waals surface area contributed by atoms with Crippen molar-refractivity contribution in [1.29, 1.82) is 0 Å². The average molecular weight is 273 g/mol. The second-order valence-corrected chi connectivity index (χ2v) is 4.87. The second kappa shape index (κ2) is 7.04. The predicted molar refractivity (Wildman–Crippen MR) is 76.2 cm³/mol. The molecule has 0 radical (unpaired) electrons. The van der Waals surface area contributed by atoms with Crippen LogP contribution in [0.25, 0.3) is 0 Å². The van der Waals surface area contributed by atoms with Gasteiger partial charge in [0, 0.05) is 25.0 Å². The molecule has 0 saturated carbocycles. The van der Waals surface area contributed by atoms with Crippen LogP contribution in [0, 0.1) is 11.8 Å². The molecule has 1 unspecified atom stereocenters. The van der Waals surface area contributed by atoms with E-state index in [1.165, 1.54) is 6.42 Å². The number of carbonyl (C=O) groups is 1. The van der Waals surface area contributed by atoms with Crippen molar-refractivity contribution in [1.82, 2.24) is 15.2 Å². The second-order valence-electron chi connectivity index (χ2n) is 4.87. The minimum absolute atomic E-state index is 0.144. The first-order chi connectivity index (χ1) is 9.72. The molecule has 1 aromatic rings. The number of nitrogens with one attached hydrogen (secondary N) is 1. The van der Waals surface area contributed by atoms with Crippen LogP contribution < -0.4 is 5.32 Å². The smallest absolute Gasteiger partial charge is 0.252 e. The molecular formula is C15H19N3O2.